The Bertz CT molecular complexity index is 707. The fourth-order valence-electron chi connectivity index (χ4n) is 2.39. The number of rotatable bonds is 7. The second-order valence-corrected chi connectivity index (χ2v) is 7.30. The highest BCUT2D eigenvalue weighted by Crippen LogP contribution is 2.27. The molecule has 1 unspecified atom stereocenters. The maximum absolute atomic E-state index is 12.6. The van der Waals surface area contributed by atoms with Gasteiger partial charge in [0.1, 0.15) is 5.60 Å². The van der Waals surface area contributed by atoms with E-state index in [0.717, 1.165) is 16.2 Å². The largest absolute Gasteiger partial charge is 0.372 e. The van der Waals surface area contributed by atoms with Crippen LogP contribution in [0, 0.1) is 0 Å². The molecule has 0 aliphatic carbocycles. The number of nitrogens with one attached hydrogen (secondary N) is 1. The fourth-order valence-corrected chi connectivity index (χ4v) is 3.38. The van der Waals surface area contributed by atoms with Crippen LogP contribution in [0.1, 0.15) is 29.8 Å². The van der Waals surface area contributed by atoms with Crippen molar-refractivity contribution in [3.8, 4) is 0 Å². The third-order valence-electron chi connectivity index (χ3n) is 3.90. The van der Waals surface area contributed by atoms with Gasteiger partial charge in [-0.2, -0.15) is 0 Å². The van der Waals surface area contributed by atoms with Gasteiger partial charge in [0.05, 0.1) is 12.1 Å². The maximum atomic E-state index is 12.6. The number of benzene rings is 2. The summed E-state index contributed by atoms with van der Waals surface area (Å²) in [6.45, 7) is 4.36. The molecule has 5 heteroatoms. The zero-order valence-electron chi connectivity index (χ0n) is 14.1. The summed E-state index contributed by atoms with van der Waals surface area (Å²) in [4.78, 5) is 13.6. The Morgan fingerprint density at radius 2 is 2.00 bits per heavy atom. The van der Waals surface area contributed by atoms with E-state index in [1.54, 1.807) is 18.9 Å². The zero-order valence-corrected chi connectivity index (χ0v) is 15.7. The number of halogens is 1. The molecular formula is C19H22ClNO2S. The van der Waals surface area contributed by atoms with Crippen molar-refractivity contribution in [3.05, 3.63) is 64.7 Å². The summed E-state index contributed by atoms with van der Waals surface area (Å²) in [5.41, 5.74) is 0.968. The van der Waals surface area contributed by atoms with Crippen LogP contribution < -0.4 is 5.32 Å². The average Bonchev–Trinajstić information content (AvgIpc) is 2.60. The minimum Gasteiger partial charge on any atom is -0.372 e. The lowest BCUT2D eigenvalue weighted by Crippen LogP contribution is -2.40. The number of carbonyl (C=O) groups is 1. The highest BCUT2D eigenvalue weighted by molar-refractivity contribution is 7.99. The van der Waals surface area contributed by atoms with E-state index in [9.17, 15) is 4.79 Å². The van der Waals surface area contributed by atoms with Crippen molar-refractivity contribution in [1.29, 1.82) is 0 Å². The SMILES string of the molecule is CCSc1ccccc1C(=O)NCC(C)(OC)c1cccc(Cl)c1. The second kappa shape index (κ2) is 8.56. The number of carbonyl (C=O) groups excluding carboxylic acids is 1. The van der Waals surface area contributed by atoms with Gasteiger partial charge in [0.25, 0.3) is 5.91 Å². The number of ether oxygens (including phenoxy) is 1. The van der Waals surface area contributed by atoms with E-state index in [0.29, 0.717) is 17.1 Å². The van der Waals surface area contributed by atoms with E-state index in [1.165, 1.54) is 0 Å². The number of thioether (sulfide) groups is 1. The predicted molar refractivity (Wildman–Crippen MR) is 101 cm³/mol. The van der Waals surface area contributed by atoms with Crippen molar-refractivity contribution in [2.75, 3.05) is 19.4 Å². The minimum absolute atomic E-state index is 0.100. The van der Waals surface area contributed by atoms with Crippen LogP contribution in [0.3, 0.4) is 0 Å². The highest BCUT2D eigenvalue weighted by Gasteiger charge is 2.27. The second-order valence-electron chi connectivity index (χ2n) is 5.56. The van der Waals surface area contributed by atoms with Crippen molar-refractivity contribution >= 4 is 29.3 Å². The van der Waals surface area contributed by atoms with Gasteiger partial charge in [-0.1, -0.05) is 42.8 Å². The van der Waals surface area contributed by atoms with Crippen LogP contribution in [0.15, 0.2) is 53.4 Å². The molecule has 0 spiro atoms. The van der Waals surface area contributed by atoms with Crippen LogP contribution in [0.4, 0.5) is 0 Å². The molecule has 0 radical (unpaired) electrons. The molecule has 24 heavy (non-hydrogen) atoms. The molecule has 0 saturated heterocycles. The summed E-state index contributed by atoms with van der Waals surface area (Å²) >= 11 is 7.73. The van der Waals surface area contributed by atoms with E-state index >= 15 is 0 Å². The normalized spacial score (nSPS) is 13.3. The number of methoxy groups -OCH3 is 1. The Hall–Kier alpha value is -1.49. The summed E-state index contributed by atoms with van der Waals surface area (Å²) in [7, 11) is 1.63. The molecule has 128 valence electrons. The Kier molecular flexibility index (Phi) is 6.72. The Balaban J connectivity index is 2.15. The average molecular weight is 364 g/mol. The molecular weight excluding hydrogens is 342 g/mol. The Labute approximate surface area is 152 Å². The van der Waals surface area contributed by atoms with Crippen LogP contribution in [-0.4, -0.2) is 25.3 Å². The molecule has 0 fully saturated rings. The number of hydrogen-bond donors (Lipinski definition) is 1. The van der Waals surface area contributed by atoms with Crippen LogP contribution in [-0.2, 0) is 10.3 Å². The smallest absolute Gasteiger partial charge is 0.252 e. The fraction of sp³-hybridized carbons (Fsp3) is 0.316. The molecule has 0 bridgehead atoms. The first kappa shape index (κ1) is 18.8. The van der Waals surface area contributed by atoms with Crippen molar-refractivity contribution in [1.82, 2.24) is 5.32 Å². The summed E-state index contributed by atoms with van der Waals surface area (Å²) in [5.74, 6) is 0.819. The third-order valence-corrected chi connectivity index (χ3v) is 5.09. The van der Waals surface area contributed by atoms with Gasteiger partial charge in [0.15, 0.2) is 0 Å². The molecule has 2 rings (SSSR count). The molecule has 3 nitrogen and oxygen atoms in total. The molecule has 0 heterocycles. The lowest BCUT2D eigenvalue weighted by atomic mass is 9.95. The lowest BCUT2D eigenvalue weighted by molar-refractivity contribution is 0.00313. The van der Waals surface area contributed by atoms with Gasteiger partial charge in [-0.05, 0) is 42.5 Å². The van der Waals surface area contributed by atoms with Crippen molar-refractivity contribution < 1.29 is 9.53 Å². The molecule has 1 amide bonds. The maximum Gasteiger partial charge on any atom is 0.252 e. The summed E-state index contributed by atoms with van der Waals surface area (Å²) < 4.78 is 5.66. The first-order valence-electron chi connectivity index (χ1n) is 7.81. The minimum atomic E-state index is -0.645. The van der Waals surface area contributed by atoms with Crippen molar-refractivity contribution in [2.45, 2.75) is 24.3 Å². The molecule has 2 aromatic carbocycles. The quantitative estimate of drug-likeness (QED) is 0.722. The van der Waals surface area contributed by atoms with E-state index in [-0.39, 0.29) is 5.91 Å². The highest BCUT2D eigenvalue weighted by atomic mass is 35.5. The summed E-state index contributed by atoms with van der Waals surface area (Å²) in [6, 6.07) is 15.1. The van der Waals surface area contributed by atoms with Gasteiger partial charge >= 0.3 is 0 Å². The molecule has 0 aliphatic rings. The molecule has 2 aromatic rings. The van der Waals surface area contributed by atoms with E-state index < -0.39 is 5.60 Å². The van der Waals surface area contributed by atoms with Crippen LogP contribution in [0.25, 0.3) is 0 Å². The summed E-state index contributed by atoms with van der Waals surface area (Å²) in [6.07, 6.45) is 0. The van der Waals surface area contributed by atoms with Gasteiger partial charge in [0.2, 0.25) is 0 Å². The van der Waals surface area contributed by atoms with Crippen molar-refractivity contribution in [2.24, 2.45) is 0 Å². The molecule has 0 aromatic heterocycles. The van der Waals surface area contributed by atoms with Gasteiger partial charge in [0, 0.05) is 17.0 Å². The first-order chi connectivity index (χ1) is 11.5. The van der Waals surface area contributed by atoms with Crippen LogP contribution >= 0.6 is 23.4 Å². The third kappa shape index (κ3) is 4.53. The van der Waals surface area contributed by atoms with Gasteiger partial charge < -0.3 is 10.1 Å². The zero-order chi connectivity index (χ0) is 17.6. The number of amides is 1. The molecule has 1 N–H and O–H groups in total. The lowest BCUT2D eigenvalue weighted by Gasteiger charge is -2.29. The van der Waals surface area contributed by atoms with Gasteiger partial charge in [-0.3, -0.25) is 4.79 Å². The topological polar surface area (TPSA) is 38.3 Å². The van der Waals surface area contributed by atoms with Crippen LogP contribution in [0.5, 0.6) is 0 Å². The van der Waals surface area contributed by atoms with Gasteiger partial charge in [-0.25, -0.2) is 0 Å². The standard InChI is InChI=1S/C19H22ClNO2S/c1-4-24-17-11-6-5-10-16(17)18(22)21-13-19(2,23-3)14-8-7-9-15(20)12-14/h5-12H,4,13H2,1-3H3,(H,21,22). The van der Waals surface area contributed by atoms with Crippen LogP contribution in [0.2, 0.25) is 5.02 Å². The van der Waals surface area contributed by atoms with E-state index in [4.69, 9.17) is 16.3 Å². The van der Waals surface area contributed by atoms with E-state index in [1.807, 2.05) is 55.5 Å². The predicted octanol–water partition coefficient (Wildman–Crippen LogP) is 4.74. The van der Waals surface area contributed by atoms with Crippen molar-refractivity contribution in [3.63, 3.8) is 0 Å². The molecule has 0 saturated carbocycles. The summed E-state index contributed by atoms with van der Waals surface area (Å²) in [5, 5.41) is 3.63. The van der Waals surface area contributed by atoms with Gasteiger partial charge in [-0.15, -0.1) is 11.8 Å². The monoisotopic (exact) mass is 363 g/mol. The molecule has 0 aliphatic heterocycles. The molecule has 1 atom stereocenters. The Morgan fingerprint density at radius 3 is 2.67 bits per heavy atom. The first-order valence-corrected chi connectivity index (χ1v) is 9.17. The number of hydrogen-bond acceptors (Lipinski definition) is 3. The van der Waals surface area contributed by atoms with E-state index in [2.05, 4.69) is 12.2 Å². The Morgan fingerprint density at radius 1 is 1.25 bits per heavy atom.